The van der Waals surface area contributed by atoms with Gasteiger partial charge in [-0.15, -0.1) is 0 Å². The summed E-state index contributed by atoms with van der Waals surface area (Å²) in [5.74, 6) is 2.00. The van der Waals surface area contributed by atoms with Crippen molar-refractivity contribution in [2.24, 2.45) is 11.8 Å². The van der Waals surface area contributed by atoms with Gasteiger partial charge < -0.3 is 5.32 Å². The van der Waals surface area contributed by atoms with Crippen molar-refractivity contribution < 1.29 is 0 Å². The zero-order valence-corrected chi connectivity index (χ0v) is 8.32. The first-order valence-corrected chi connectivity index (χ1v) is 5.58. The molecule has 0 amide bonds. The summed E-state index contributed by atoms with van der Waals surface area (Å²) in [6.45, 7) is 0.943. The van der Waals surface area contributed by atoms with Crippen LogP contribution in [0.5, 0.6) is 0 Å². The van der Waals surface area contributed by atoms with Crippen molar-refractivity contribution in [3.63, 3.8) is 0 Å². The topological polar surface area (TPSA) is 24.9 Å². The molecule has 14 heavy (non-hydrogen) atoms. The molecule has 2 saturated carbocycles. The molecule has 0 spiro atoms. The van der Waals surface area contributed by atoms with Crippen LogP contribution in [-0.4, -0.2) is 11.0 Å². The molecule has 1 aromatic rings. The lowest BCUT2D eigenvalue weighted by molar-refractivity contribution is 0.556. The first-order chi connectivity index (χ1) is 6.95. The fraction of sp³-hybridized carbons (Fsp3) is 0.583. The first kappa shape index (κ1) is 8.42. The minimum Gasteiger partial charge on any atom is -0.308 e. The number of hydrogen-bond acceptors (Lipinski definition) is 2. The second kappa shape index (κ2) is 3.35. The van der Waals surface area contributed by atoms with E-state index in [0.29, 0.717) is 0 Å². The maximum absolute atomic E-state index is 4.31. The fourth-order valence-corrected chi connectivity index (χ4v) is 2.85. The van der Waals surface area contributed by atoms with Crippen LogP contribution in [0.4, 0.5) is 0 Å². The molecule has 0 aromatic carbocycles. The lowest BCUT2D eigenvalue weighted by Crippen LogP contribution is -2.20. The highest BCUT2D eigenvalue weighted by atomic mass is 15.0. The molecule has 1 aromatic heterocycles. The molecule has 2 nitrogen and oxygen atoms in total. The number of nitrogens with one attached hydrogen (secondary N) is 1. The van der Waals surface area contributed by atoms with Gasteiger partial charge in [-0.05, 0) is 36.8 Å². The van der Waals surface area contributed by atoms with Crippen LogP contribution in [0.25, 0.3) is 0 Å². The predicted molar refractivity (Wildman–Crippen MR) is 55.7 cm³/mol. The number of aromatic nitrogens is 1. The smallest absolute Gasteiger partial charge is 0.0541 e. The highest BCUT2D eigenvalue weighted by Gasteiger charge is 2.51. The van der Waals surface area contributed by atoms with E-state index in [-0.39, 0.29) is 0 Å². The van der Waals surface area contributed by atoms with Crippen LogP contribution in [0.3, 0.4) is 0 Å². The zero-order valence-electron chi connectivity index (χ0n) is 8.32. The van der Waals surface area contributed by atoms with Crippen LogP contribution in [0.1, 0.15) is 25.0 Å². The van der Waals surface area contributed by atoms with Crippen LogP contribution in [0, 0.1) is 11.8 Å². The summed E-state index contributed by atoms with van der Waals surface area (Å²) >= 11 is 0. The summed E-state index contributed by atoms with van der Waals surface area (Å²) < 4.78 is 0. The van der Waals surface area contributed by atoms with Crippen molar-refractivity contribution in [3.05, 3.63) is 30.1 Å². The molecule has 0 radical (unpaired) electrons. The Morgan fingerprint density at radius 3 is 2.86 bits per heavy atom. The number of rotatable bonds is 3. The van der Waals surface area contributed by atoms with Crippen molar-refractivity contribution in [2.45, 2.75) is 31.8 Å². The van der Waals surface area contributed by atoms with Gasteiger partial charge in [-0.3, -0.25) is 4.98 Å². The third-order valence-corrected chi connectivity index (χ3v) is 3.65. The molecule has 2 atom stereocenters. The van der Waals surface area contributed by atoms with Gasteiger partial charge in [0.05, 0.1) is 5.69 Å². The van der Waals surface area contributed by atoms with E-state index < -0.39 is 0 Å². The van der Waals surface area contributed by atoms with Crippen LogP contribution in [0.15, 0.2) is 24.4 Å². The summed E-state index contributed by atoms with van der Waals surface area (Å²) in [5, 5.41) is 3.61. The van der Waals surface area contributed by atoms with E-state index in [2.05, 4.69) is 22.4 Å². The number of hydrogen-bond donors (Lipinski definition) is 1. The largest absolute Gasteiger partial charge is 0.308 e. The Labute approximate surface area is 84.7 Å². The van der Waals surface area contributed by atoms with Gasteiger partial charge in [-0.25, -0.2) is 0 Å². The number of fused-ring (bicyclic) bond motifs is 1. The number of pyridine rings is 1. The van der Waals surface area contributed by atoms with Gasteiger partial charge in [0.1, 0.15) is 0 Å². The Hall–Kier alpha value is -0.890. The Kier molecular flexibility index (Phi) is 2.02. The minimum absolute atomic E-state index is 0.811. The van der Waals surface area contributed by atoms with E-state index in [1.807, 2.05) is 12.3 Å². The van der Waals surface area contributed by atoms with Crippen molar-refractivity contribution in [3.8, 4) is 0 Å². The molecule has 0 aliphatic heterocycles. The van der Waals surface area contributed by atoms with Crippen LogP contribution in [-0.2, 0) is 6.54 Å². The molecule has 0 bridgehead atoms. The average Bonchev–Trinajstić information content (AvgIpc) is 2.69. The van der Waals surface area contributed by atoms with Gasteiger partial charge in [0, 0.05) is 18.8 Å². The van der Waals surface area contributed by atoms with Crippen molar-refractivity contribution in [2.75, 3.05) is 0 Å². The maximum Gasteiger partial charge on any atom is 0.0541 e. The molecule has 3 rings (SSSR count). The standard InChI is InChI=1S/C12H16N2/c1-2-7-13-9(4-1)8-14-12-10-5-3-6-11(10)12/h1-2,4,7,10-12,14H,3,5-6,8H2. The van der Waals surface area contributed by atoms with Gasteiger partial charge in [0.2, 0.25) is 0 Å². The quantitative estimate of drug-likeness (QED) is 0.784. The molecule has 1 heterocycles. The van der Waals surface area contributed by atoms with E-state index in [0.717, 1.165) is 30.1 Å². The number of nitrogens with zero attached hydrogens (tertiary/aromatic N) is 1. The molecular weight excluding hydrogens is 172 g/mol. The summed E-state index contributed by atoms with van der Waals surface area (Å²) in [4.78, 5) is 4.31. The minimum atomic E-state index is 0.811. The van der Waals surface area contributed by atoms with Crippen LogP contribution < -0.4 is 5.32 Å². The maximum atomic E-state index is 4.31. The van der Waals surface area contributed by atoms with Crippen molar-refractivity contribution in [1.29, 1.82) is 0 Å². The van der Waals surface area contributed by atoms with Gasteiger partial charge in [-0.1, -0.05) is 12.5 Å². The van der Waals surface area contributed by atoms with Crippen LogP contribution in [0.2, 0.25) is 0 Å². The fourth-order valence-electron chi connectivity index (χ4n) is 2.85. The summed E-state index contributed by atoms with van der Waals surface area (Å²) in [7, 11) is 0. The molecule has 0 saturated heterocycles. The summed E-state index contributed by atoms with van der Waals surface area (Å²) in [6, 6.07) is 6.92. The van der Waals surface area contributed by atoms with Gasteiger partial charge in [0.15, 0.2) is 0 Å². The molecule has 74 valence electrons. The molecule has 2 fully saturated rings. The predicted octanol–water partition coefficient (Wildman–Crippen LogP) is 1.97. The second-order valence-electron chi connectivity index (χ2n) is 4.49. The van der Waals surface area contributed by atoms with Gasteiger partial charge >= 0.3 is 0 Å². The van der Waals surface area contributed by atoms with E-state index in [1.165, 1.54) is 19.3 Å². The summed E-state index contributed by atoms with van der Waals surface area (Å²) in [6.07, 6.45) is 6.22. The Balaban J connectivity index is 1.52. The van der Waals surface area contributed by atoms with Crippen molar-refractivity contribution in [1.82, 2.24) is 10.3 Å². The molecule has 1 N–H and O–H groups in total. The third-order valence-electron chi connectivity index (χ3n) is 3.65. The highest BCUT2D eigenvalue weighted by molar-refractivity contribution is 5.09. The Morgan fingerprint density at radius 1 is 1.29 bits per heavy atom. The normalized spacial score (nSPS) is 34.1. The Bertz CT molecular complexity index is 299. The van der Waals surface area contributed by atoms with E-state index in [4.69, 9.17) is 0 Å². The lowest BCUT2D eigenvalue weighted by Gasteiger charge is -2.05. The van der Waals surface area contributed by atoms with Crippen LogP contribution >= 0.6 is 0 Å². The van der Waals surface area contributed by atoms with E-state index in [9.17, 15) is 0 Å². The lowest BCUT2D eigenvalue weighted by atomic mass is 10.2. The van der Waals surface area contributed by atoms with Gasteiger partial charge in [-0.2, -0.15) is 0 Å². The summed E-state index contributed by atoms with van der Waals surface area (Å²) in [5.41, 5.74) is 1.16. The SMILES string of the molecule is c1ccc(CNC2C3CCCC32)nc1. The van der Waals surface area contributed by atoms with Crippen molar-refractivity contribution >= 4 is 0 Å². The van der Waals surface area contributed by atoms with E-state index >= 15 is 0 Å². The second-order valence-corrected chi connectivity index (χ2v) is 4.49. The highest BCUT2D eigenvalue weighted by Crippen LogP contribution is 2.51. The molecule has 2 heteroatoms. The van der Waals surface area contributed by atoms with Gasteiger partial charge in [0.25, 0.3) is 0 Å². The monoisotopic (exact) mass is 188 g/mol. The Morgan fingerprint density at radius 2 is 2.14 bits per heavy atom. The average molecular weight is 188 g/mol. The zero-order chi connectivity index (χ0) is 9.38. The van der Waals surface area contributed by atoms with E-state index in [1.54, 1.807) is 0 Å². The first-order valence-electron chi connectivity index (χ1n) is 5.58. The molecule has 2 aliphatic carbocycles. The molecule has 2 aliphatic rings. The molecule has 2 unspecified atom stereocenters. The molecular formula is C12H16N2. The third kappa shape index (κ3) is 1.44.